The van der Waals surface area contributed by atoms with E-state index in [-0.39, 0.29) is 30.1 Å². The van der Waals surface area contributed by atoms with Crippen LogP contribution >= 0.6 is 0 Å². The largest absolute Gasteiger partial charge is 0.493 e. The van der Waals surface area contributed by atoms with Gasteiger partial charge in [0.05, 0.1) is 26.2 Å². The van der Waals surface area contributed by atoms with Gasteiger partial charge in [0, 0.05) is 25.1 Å². The van der Waals surface area contributed by atoms with Crippen molar-refractivity contribution in [2.24, 2.45) is 0 Å². The molecule has 1 aliphatic heterocycles. The maximum atomic E-state index is 13.2. The molecule has 30 heavy (non-hydrogen) atoms. The van der Waals surface area contributed by atoms with E-state index in [2.05, 4.69) is 0 Å². The van der Waals surface area contributed by atoms with Gasteiger partial charge < -0.3 is 14.2 Å². The summed E-state index contributed by atoms with van der Waals surface area (Å²) >= 11 is 0. The van der Waals surface area contributed by atoms with Gasteiger partial charge in [0.1, 0.15) is 11.6 Å². The first-order valence-electron chi connectivity index (χ1n) is 9.10. The summed E-state index contributed by atoms with van der Waals surface area (Å²) in [4.78, 5) is 12.0. The number of allylic oxidation sites excluding steroid dienone is 1. The first kappa shape index (κ1) is 21.6. The number of nitrogens with zero attached hydrogens (tertiary/aromatic N) is 1. The van der Waals surface area contributed by atoms with Gasteiger partial charge in [-0.1, -0.05) is 0 Å². The Morgan fingerprint density at radius 1 is 1.00 bits per heavy atom. The second-order valence-electron chi connectivity index (χ2n) is 6.59. The highest BCUT2D eigenvalue weighted by atomic mass is 32.2. The molecule has 0 aliphatic carbocycles. The summed E-state index contributed by atoms with van der Waals surface area (Å²) in [6, 6.07) is 7.91. The van der Waals surface area contributed by atoms with E-state index in [0.29, 0.717) is 28.5 Å². The van der Waals surface area contributed by atoms with Gasteiger partial charge in [-0.25, -0.2) is 12.8 Å². The van der Waals surface area contributed by atoms with Crippen molar-refractivity contribution in [2.45, 2.75) is 17.7 Å². The van der Waals surface area contributed by atoms with Crippen LogP contribution in [0.15, 0.2) is 47.0 Å². The Labute approximate surface area is 174 Å². The monoisotopic (exact) mass is 435 g/mol. The number of methoxy groups -OCH3 is 3. The maximum Gasteiger partial charge on any atom is 0.264 e. The summed E-state index contributed by atoms with van der Waals surface area (Å²) in [6.45, 7) is 0.00873. The number of sulfonamides is 1. The SMILES string of the molecule is COc1cc(C=C2CC(=O)CCN2S(=O)(=O)c2ccc(F)cc2)cc(OC)c1OC. The Balaban J connectivity index is 2.08. The van der Waals surface area contributed by atoms with Crippen molar-refractivity contribution in [3.8, 4) is 17.2 Å². The predicted octanol–water partition coefficient (Wildman–Crippen LogP) is 3.25. The highest BCUT2D eigenvalue weighted by Gasteiger charge is 2.31. The lowest BCUT2D eigenvalue weighted by molar-refractivity contribution is -0.119. The van der Waals surface area contributed by atoms with Crippen molar-refractivity contribution >= 4 is 21.9 Å². The van der Waals surface area contributed by atoms with Gasteiger partial charge >= 0.3 is 0 Å². The lowest BCUT2D eigenvalue weighted by Gasteiger charge is -2.30. The van der Waals surface area contributed by atoms with Gasteiger partial charge in [-0.2, -0.15) is 0 Å². The van der Waals surface area contributed by atoms with Gasteiger partial charge in [-0.3, -0.25) is 9.10 Å². The Morgan fingerprint density at radius 2 is 1.60 bits per heavy atom. The Morgan fingerprint density at radius 3 is 2.13 bits per heavy atom. The van der Waals surface area contributed by atoms with Gasteiger partial charge in [0.25, 0.3) is 10.0 Å². The fraction of sp³-hybridized carbons (Fsp3) is 0.286. The number of hydrogen-bond donors (Lipinski definition) is 0. The van der Waals surface area contributed by atoms with Crippen molar-refractivity contribution < 1.29 is 31.8 Å². The standard InChI is InChI=1S/C21H22FNO6S/c1-27-19-11-14(12-20(28-2)21(19)29-3)10-16-13-17(24)8-9-23(16)30(25,26)18-6-4-15(22)5-7-18/h4-7,10-12H,8-9,13H2,1-3H3. The minimum atomic E-state index is -3.96. The number of ether oxygens (including phenoxy) is 3. The molecule has 0 saturated carbocycles. The third kappa shape index (κ3) is 4.25. The number of Topliss-reactive ketones (excluding diaryl/α,β-unsaturated/α-hetero) is 1. The number of carbonyl (C=O) groups excluding carboxylic acids is 1. The second-order valence-corrected chi connectivity index (χ2v) is 8.45. The molecule has 7 nitrogen and oxygen atoms in total. The van der Waals surface area contributed by atoms with Crippen molar-refractivity contribution in [3.05, 3.63) is 53.5 Å². The quantitative estimate of drug-likeness (QED) is 0.693. The van der Waals surface area contributed by atoms with E-state index >= 15 is 0 Å². The zero-order valence-electron chi connectivity index (χ0n) is 16.8. The van der Waals surface area contributed by atoms with Crippen LogP contribution < -0.4 is 14.2 Å². The van der Waals surface area contributed by atoms with E-state index in [9.17, 15) is 17.6 Å². The molecule has 1 fully saturated rings. The minimum absolute atomic E-state index is 0.00873. The number of ketones is 1. The van der Waals surface area contributed by atoms with Crippen LogP contribution in [0.1, 0.15) is 18.4 Å². The predicted molar refractivity (Wildman–Crippen MR) is 109 cm³/mol. The van der Waals surface area contributed by atoms with Crippen LogP contribution in [-0.2, 0) is 14.8 Å². The Hall–Kier alpha value is -3.07. The third-order valence-electron chi connectivity index (χ3n) is 4.71. The normalized spacial score (nSPS) is 15.9. The highest BCUT2D eigenvalue weighted by molar-refractivity contribution is 7.89. The van der Waals surface area contributed by atoms with E-state index in [4.69, 9.17) is 14.2 Å². The summed E-state index contributed by atoms with van der Waals surface area (Å²) in [5, 5.41) is 0. The number of rotatable bonds is 6. The first-order chi connectivity index (χ1) is 14.3. The lowest BCUT2D eigenvalue weighted by atomic mass is 10.0. The second kappa shape index (κ2) is 8.74. The molecule has 160 valence electrons. The summed E-state index contributed by atoms with van der Waals surface area (Å²) < 4.78 is 56.7. The van der Waals surface area contributed by atoms with Crippen LogP contribution in [0.5, 0.6) is 17.2 Å². The van der Waals surface area contributed by atoms with Crippen molar-refractivity contribution in [2.75, 3.05) is 27.9 Å². The van der Waals surface area contributed by atoms with Crippen LogP contribution in [0.3, 0.4) is 0 Å². The summed E-state index contributed by atoms with van der Waals surface area (Å²) in [6.07, 6.45) is 1.66. The molecular weight excluding hydrogens is 413 g/mol. The smallest absolute Gasteiger partial charge is 0.264 e. The third-order valence-corrected chi connectivity index (χ3v) is 6.58. The Bertz CT molecular complexity index is 1050. The molecular formula is C21H22FNO6S. The molecule has 1 aliphatic rings. The van der Waals surface area contributed by atoms with Gasteiger partial charge in [0.2, 0.25) is 5.75 Å². The molecule has 1 saturated heterocycles. The van der Waals surface area contributed by atoms with Gasteiger partial charge in [-0.15, -0.1) is 0 Å². The van der Waals surface area contributed by atoms with Crippen molar-refractivity contribution in [1.82, 2.24) is 4.31 Å². The van der Waals surface area contributed by atoms with E-state index in [0.717, 1.165) is 12.1 Å². The fourth-order valence-corrected chi connectivity index (χ4v) is 4.75. The molecule has 0 atom stereocenters. The van der Waals surface area contributed by atoms with Crippen LogP contribution in [0, 0.1) is 5.82 Å². The minimum Gasteiger partial charge on any atom is -0.493 e. The average molecular weight is 435 g/mol. The Kier molecular flexibility index (Phi) is 6.31. The maximum absolute atomic E-state index is 13.2. The average Bonchev–Trinajstić information content (AvgIpc) is 2.73. The number of carbonyl (C=O) groups is 1. The van der Waals surface area contributed by atoms with Crippen LogP contribution in [0.4, 0.5) is 4.39 Å². The number of halogens is 1. The molecule has 0 N–H and O–H groups in total. The van der Waals surface area contributed by atoms with Crippen LogP contribution in [0.2, 0.25) is 0 Å². The fourth-order valence-electron chi connectivity index (χ4n) is 3.26. The highest BCUT2D eigenvalue weighted by Crippen LogP contribution is 2.39. The molecule has 0 amide bonds. The molecule has 0 spiro atoms. The molecule has 9 heteroatoms. The van der Waals surface area contributed by atoms with Crippen LogP contribution in [0.25, 0.3) is 6.08 Å². The molecule has 1 heterocycles. The van der Waals surface area contributed by atoms with E-state index < -0.39 is 15.8 Å². The van der Waals surface area contributed by atoms with E-state index in [1.54, 1.807) is 18.2 Å². The van der Waals surface area contributed by atoms with E-state index in [1.807, 2.05) is 0 Å². The molecule has 0 unspecified atom stereocenters. The molecule has 2 aromatic carbocycles. The summed E-state index contributed by atoms with van der Waals surface area (Å²) in [5.41, 5.74) is 0.887. The van der Waals surface area contributed by atoms with Gasteiger partial charge in [0.15, 0.2) is 11.5 Å². The number of hydrogen-bond acceptors (Lipinski definition) is 6. The van der Waals surface area contributed by atoms with Crippen LogP contribution in [-0.4, -0.2) is 46.4 Å². The molecule has 2 aromatic rings. The van der Waals surface area contributed by atoms with Crippen molar-refractivity contribution in [3.63, 3.8) is 0 Å². The topological polar surface area (TPSA) is 82.1 Å². The summed E-state index contributed by atoms with van der Waals surface area (Å²) in [7, 11) is 0.476. The molecule has 3 rings (SSSR count). The molecule has 0 bridgehead atoms. The molecule has 0 aromatic heterocycles. The zero-order valence-corrected chi connectivity index (χ0v) is 17.7. The lowest BCUT2D eigenvalue weighted by Crippen LogP contribution is -2.37. The number of benzene rings is 2. The first-order valence-corrected chi connectivity index (χ1v) is 10.5. The van der Waals surface area contributed by atoms with Gasteiger partial charge in [-0.05, 0) is 48.0 Å². The van der Waals surface area contributed by atoms with Crippen molar-refractivity contribution in [1.29, 1.82) is 0 Å². The molecule has 0 radical (unpaired) electrons. The summed E-state index contributed by atoms with van der Waals surface area (Å²) in [5.74, 6) is 0.602. The van der Waals surface area contributed by atoms with E-state index in [1.165, 1.54) is 37.8 Å². The zero-order chi connectivity index (χ0) is 21.9. The number of piperidine rings is 1.